The van der Waals surface area contributed by atoms with Gasteiger partial charge < -0.3 is 10.2 Å². The maximum Gasteiger partial charge on any atom is 0.252 e. The Hall–Kier alpha value is -0.390. The minimum Gasteiger partial charge on any atom is -0.348 e. The molecule has 1 aromatic carbocycles. The van der Waals surface area contributed by atoms with Crippen molar-refractivity contribution in [1.82, 2.24) is 10.2 Å². The topological polar surface area (TPSA) is 32.3 Å². The molecule has 0 aliphatic carbocycles. The number of nitrogens with zero attached hydrogens (tertiary/aromatic N) is 1. The summed E-state index contributed by atoms with van der Waals surface area (Å²) in [5.41, 5.74) is 0.708. The third kappa shape index (κ3) is 2.88. The van der Waals surface area contributed by atoms with Gasteiger partial charge in [0.05, 0.1) is 5.56 Å². The fraction of sp³-hybridized carbons (Fsp3) is 0.500. The Balaban J connectivity index is 1.71. The van der Waals surface area contributed by atoms with Gasteiger partial charge in [-0.3, -0.25) is 4.79 Å². The van der Waals surface area contributed by atoms with Gasteiger partial charge in [0.2, 0.25) is 0 Å². The van der Waals surface area contributed by atoms with E-state index in [1.807, 2.05) is 18.2 Å². The quantitative estimate of drug-likeness (QED) is 0.845. The molecule has 3 heterocycles. The molecular weight excluding hydrogens is 372 g/mol. The maximum atomic E-state index is 12.3. The first-order chi connectivity index (χ1) is 9.13. The van der Waals surface area contributed by atoms with Crippen molar-refractivity contribution < 1.29 is 4.79 Å². The number of benzene rings is 1. The summed E-state index contributed by atoms with van der Waals surface area (Å²) in [6.45, 7) is 3.39. The highest BCUT2D eigenvalue weighted by Gasteiger charge is 2.35. The number of fused-ring (bicyclic) bond motifs is 3. The van der Waals surface area contributed by atoms with Crippen molar-refractivity contribution in [3.8, 4) is 0 Å². The average molecular weight is 388 g/mol. The number of hydrogen-bond donors (Lipinski definition) is 1. The minimum absolute atomic E-state index is 0.0260. The summed E-state index contributed by atoms with van der Waals surface area (Å²) < 4.78 is 1.81. The second kappa shape index (κ2) is 5.54. The molecule has 3 aliphatic heterocycles. The van der Waals surface area contributed by atoms with Gasteiger partial charge in [-0.15, -0.1) is 0 Å². The van der Waals surface area contributed by atoms with Gasteiger partial charge in [0.25, 0.3) is 5.91 Å². The van der Waals surface area contributed by atoms with Crippen LogP contribution in [0.5, 0.6) is 0 Å². The van der Waals surface area contributed by atoms with E-state index in [2.05, 4.69) is 42.1 Å². The molecule has 3 saturated heterocycles. The lowest BCUT2D eigenvalue weighted by molar-refractivity contribution is 0.0620. The predicted molar refractivity (Wildman–Crippen MR) is 82.3 cm³/mol. The molecule has 5 heteroatoms. The van der Waals surface area contributed by atoms with Crippen LogP contribution in [-0.2, 0) is 0 Å². The van der Waals surface area contributed by atoms with Crippen LogP contribution in [-0.4, -0.2) is 36.5 Å². The zero-order valence-corrected chi connectivity index (χ0v) is 13.7. The van der Waals surface area contributed by atoms with Crippen LogP contribution >= 0.6 is 31.9 Å². The maximum absolute atomic E-state index is 12.3. The van der Waals surface area contributed by atoms with Crippen molar-refractivity contribution in [2.45, 2.75) is 18.9 Å². The van der Waals surface area contributed by atoms with Gasteiger partial charge in [0.1, 0.15) is 0 Å². The first-order valence-corrected chi connectivity index (χ1v) is 8.20. The molecule has 102 valence electrons. The van der Waals surface area contributed by atoms with Crippen LogP contribution < -0.4 is 5.32 Å². The molecule has 3 aliphatic rings. The first-order valence-electron chi connectivity index (χ1n) is 6.62. The van der Waals surface area contributed by atoms with E-state index in [0.717, 1.165) is 15.5 Å². The van der Waals surface area contributed by atoms with Crippen molar-refractivity contribution in [3.63, 3.8) is 0 Å². The lowest BCUT2D eigenvalue weighted by Gasteiger charge is -2.44. The fourth-order valence-electron chi connectivity index (χ4n) is 3.05. The largest absolute Gasteiger partial charge is 0.348 e. The summed E-state index contributed by atoms with van der Waals surface area (Å²) in [6, 6.07) is 5.97. The van der Waals surface area contributed by atoms with Crippen LogP contribution in [0.4, 0.5) is 0 Å². The molecule has 19 heavy (non-hydrogen) atoms. The van der Waals surface area contributed by atoms with Crippen LogP contribution in [0, 0.1) is 5.92 Å². The monoisotopic (exact) mass is 386 g/mol. The van der Waals surface area contributed by atoms with Crippen molar-refractivity contribution in [2.24, 2.45) is 5.92 Å². The lowest BCUT2D eigenvalue weighted by atomic mass is 9.84. The molecule has 2 bridgehead atoms. The van der Waals surface area contributed by atoms with E-state index in [1.165, 1.54) is 25.9 Å². The van der Waals surface area contributed by atoms with E-state index in [-0.39, 0.29) is 5.91 Å². The Bertz CT molecular complexity index is 498. The SMILES string of the molecule is O=C(NC1CN2CCC1CC2)c1ccc(Br)cc1Br. The molecule has 0 radical (unpaired) electrons. The van der Waals surface area contributed by atoms with Crippen LogP contribution in [0.2, 0.25) is 0 Å². The fourth-order valence-corrected chi connectivity index (χ4v) is 4.28. The van der Waals surface area contributed by atoms with Crippen LogP contribution in [0.3, 0.4) is 0 Å². The number of halogens is 2. The van der Waals surface area contributed by atoms with Gasteiger partial charge in [-0.2, -0.15) is 0 Å². The molecule has 1 N–H and O–H groups in total. The van der Waals surface area contributed by atoms with Gasteiger partial charge in [-0.05, 0) is 66.0 Å². The number of hydrogen-bond acceptors (Lipinski definition) is 2. The van der Waals surface area contributed by atoms with Crippen LogP contribution in [0.25, 0.3) is 0 Å². The summed E-state index contributed by atoms with van der Waals surface area (Å²) >= 11 is 6.85. The highest BCUT2D eigenvalue weighted by atomic mass is 79.9. The van der Waals surface area contributed by atoms with Crippen molar-refractivity contribution in [3.05, 3.63) is 32.7 Å². The summed E-state index contributed by atoms with van der Waals surface area (Å²) in [4.78, 5) is 14.8. The molecule has 1 unspecified atom stereocenters. The Morgan fingerprint density at radius 1 is 1.26 bits per heavy atom. The third-order valence-corrected chi connectivity index (χ3v) is 5.30. The molecule has 1 aromatic rings. The predicted octanol–water partition coefficient (Wildman–Crippen LogP) is 3.04. The second-order valence-corrected chi connectivity index (χ2v) is 7.11. The van der Waals surface area contributed by atoms with Crippen molar-refractivity contribution >= 4 is 37.8 Å². The number of piperidine rings is 3. The molecule has 3 fully saturated rings. The number of carbonyl (C=O) groups excluding carboxylic acids is 1. The Morgan fingerprint density at radius 3 is 2.58 bits per heavy atom. The standard InChI is InChI=1S/C14H16Br2N2O/c15-10-1-2-11(12(16)7-10)14(19)17-13-8-18-5-3-9(13)4-6-18/h1-2,7,9,13H,3-6,8H2,(H,17,19). The minimum atomic E-state index is 0.0260. The van der Waals surface area contributed by atoms with Gasteiger partial charge >= 0.3 is 0 Å². The zero-order chi connectivity index (χ0) is 13.4. The molecule has 3 nitrogen and oxygen atoms in total. The van der Waals surface area contributed by atoms with Crippen LogP contribution in [0.1, 0.15) is 23.2 Å². The Morgan fingerprint density at radius 2 is 2.00 bits per heavy atom. The Labute approximate surface area is 130 Å². The van der Waals surface area contributed by atoms with E-state index >= 15 is 0 Å². The Kier molecular flexibility index (Phi) is 3.96. The van der Waals surface area contributed by atoms with Gasteiger partial charge in [-0.1, -0.05) is 15.9 Å². The van der Waals surface area contributed by atoms with Crippen molar-refractivity contribution in [2.75, 3.05) is 19.6 Å². The van der Waals surface area contributed by atoms with Crippen LogP contribution in [0.15, 0.2) is 27.1 Å². The molecular formula is C14H16Br2N2O. The molecule has 0 saturated carbocycles. The zero-order valence-electron chi connectivity index (χ0n) is 10.5. The number of nitrogens with one attached hydrogen (secondary N) is 1. The highest BCUT2D eigenvalue weighted by molar-refractivity contribution is 9.11. The molecule has 1 amide bonds. The van der Waals surface area contributed by atoms with Gasteiger partial charge in [0, 0.05) is 21.5 Å². The van der Waals surface area contributed by atoms with Gasteiger partial charge in [-0.25, -0.2) is 0 Å². The normalized spacial score (nSPS) is 29.3. The number of amides is 1. The number of carbonyl (C=O) groups is 1. The van der Waals surface area contributed by atoms with E-state index in [1.54, 1.807) is 0 Å². The van der Waals surface area contributed by atoms with E-state index in [4.69, 9.17) is 0 Å². The second-order valence-electron chi connectivity index (χ2n) is 5.34. The number of rotatable bonds is 2. The summed E-state index contributed by atoms with van der Waals surface area (Å²) in [7, 11) is 0. The first kappa shape index (κ1) is 13.6. The summed E-state index contributed by atoms with van der Waals surface area (Å²) in [6.07, 6.45) is 2.43. The molecule has 4 rings (SSSR count). The lowest BCUT2D eigenvalue weighted by Crippen LogP contribution is -2.57. The summed E-state index contributed by atoms with van der Waals surface area (Å²) in [5, 5.41) is 3.20. The molecule has 0 aromatic heterocycles. The third-order valence-electron chi connectivity index (χ3n) is 4.15. The smallest absolute Gasteiger partial charge is 0.252 e. The van der Waals surface area contributed by atoms with Crippen molar-refractivity contribution in [1.29, 1.82) is 0 Å². The molecule has 1 atom stereocenters. The highest BCUT2D eigenvalue weighted by Crippen LogP contribution is 2.28. The molecule has 0 spiro atoms. The average Bonchev–Trinajstić information content (AvgIpc) is 2.39. The summed E-state index contributed by atoms with van der Waals surface area (Å²) in [5.74, 6) is 0.682. The van der Waals surface area contributed by atoms with E-state index in [0.29, 0.717) is 17.5 Å². The van der Waals surface area contributed by atoms with Gasteiger partial charge in [0.15, 0.2) is 0 Å². The van der Waals surface area contributed by atoms with E-state index in [9.17, 15) is 4.79 Å². The van der Waals surface area contributed by atoms with E-state index < -0.39 is 0 Å².